The lowest BCUT2D eigenvalue weighted by atomic mass is 10.3. The predicted molar refractivity (Wildman–Crippen MR) is 95.7 cm³/mol. The van der Waals surface area contributed by atoms with Gasteiger partial charge in [-0.2, -0.15) is 0 Å². The Labute approximate surface area is 151 Å². The van der Waals surface area contributed by atoms with Gasteiger partial charge in [0.2, 0.25) is 0 Å². The van der Waals surface area contributed by atoms with Crippen LogP contribution in [0.25, 0.3) is 0 Å². The second kappa shape index (κ2) is 7.69. The topological polar surface area (TPSA) is 79.2 Å². The quantitative estimate of drug-likeness (QED) is 0.898. The standard InChI is InChI=1S/C16H22ClN7O/c1-3-22-11-19-21-15(22)12(2)20-16(25)24-8-6-23(7-9-24)14-5-4-13(17)10-18-14/h4-5,10-12H,3,6-9H2,1-2H3,(H,20,25)/t12-/m0/s1. The molecular weight excluding hydrogens is 342 g/mol. The highest BCUT2D eigenvalue weighted by Gasteiger charge is 2.24. The largest absolute Gasteiger partial charge is 0.353 e. The highest BCUT2D eigenvalue weighted by molar-refractivity contribution is 6.30. The third-order valence-electron chi connectivity index (χ3n) is 4.32. The second-order valence-corrected chi connectivity index (χ2v) is 6.39. The Balaban J connectivity index is 1.54. The Morgan fingerprint density at radius 2 is 2.08 bits per heavy atom. The van der Waals surface area contributed by atoms with Crippen LogP contribution >= 0.6 is 11.6 Å². The van der Waals surface area contributed by atoms with Crippen molar-refractivity contribution < 1.29 is 4.79 Å². The number of urea groups is 1. The van der Waals surface area contributed by atoms with Crippen molar-refractivity contribution in [1.82, 2.24) is 30.0 Å². The number of rotatable bonds is 4. The van der Waals surface area contributed by atoms with Crippen LogP contribution in [0.4, 0.5) is 10.6 Å². The first-order valence-electron chi connectivity index (χ1n) is 8.38. The molecule has 1 aliphatic rings. The molecule has 1 atom stereocenters. The molecule has 0 saturated carbocycles. The lowest BCUT2D eigenvalue weighted by Gasteiger charge is -2.35. The van der Waals surface area contributed by atoms with E-state index in [1.54, 1.807) is 12.5 Å². The third-order valence-corrected chi connectivity index (χ3v) is 4.54. The number of halogens is 1. The van der Waals surface area contributed by atoms with E-state index in [9.17, 15) is 4.79 Å². The van der Waals surface area contributed by atoms with E-state index in [0.717, 1.165) is 31.3 Å². The zero-order valence-electron chi connectivity index (χ0n) is 14.4. The molecule has 3 heterocycles. The Morgan fingerprint density at radius 1 is 1.32 bits per heavy atom. The number of piperazine rings is 1. The summed E-state index contributed by atoms with van der Waals surface area (Å²) < 4.78 is 1.93. The number of amides is 2. The van der Waals surface area contributed by atoms with Crippen molar-refractivity contribution in [3.05, 3.63) is 35.5 Å². The van der Waals surface area contributed by atoms with Gasteiger partial charge in [-0.1, -0.05) is 11.6 Å². The molecule has 0 unspecified atom stereocenters. The molecule has 1 N–H and O–H groups in total. The predicted octanol–water partition coefficient (Wildman–Crippen LogP) is 1.94. The van der Waals surface area contributed by atoms with Gasteiger partial charge in [0.25, 0.3) is 0 Å². The van der Waals surface area contributed by atoms with Crippen molar-refractivity contribution in [2.75, 3.05) is 31.1 Å². The fourth-order valence-electron chi connectivity index (χ4n) is 2.88. The molecule has 9 heteroatoms. The van der Waals surface area contributed by atoms with Crippen LogP contribution in [0.15, 0.2) is 24.7 Å². The van der Waals surface area contributed by atoms with Crippen molar-refractivity contribution >= 4 is 23.4 Å². The molecule has 2 aromatic heterocycles. The third kappa shape index (κ3) is 4.01. The molecule has 1 fully saturated rings. The first-order chi connectivity index (χ1) is 12.1. The maximum Gasteiger partial charge on any atom is 0.318 e. The molecule has 1 aliphatic heterocycles. The summed E-state index contributed by atoms with van der Waals surface area (Å²) in [4.78, 5) is 20.8. The Kier molecular flexibility index (Phi) is 5.37. The zero-order valence-corrected chi connectivity index (χ0v) is 15.1. The molecule has 3 rings (SSSR count). The van der Waals surface area contributed by atoms with Gasteiger partial charge < -0.3 is 19.7 Å². The van der Waals surface area contributed by atoms with Gasteiger partial charge in [-0.05, 0) is 26.0 Å². The van der Waals surface area contributed by atoms with Crippen LogP contribution in [-0.2, 0) is 6.54 Å². The molecule has 25 heavy (non-hydrogen) atoms. The van der Waals surface area contributed by atoms with Gasteiger partial charge in [0.1, 0.15) is 12.1 Å². The summed E-state index contributed by atoms with van der Waals surface area (Å²) in [5.41, 5.74) is 0. The number of carbonyl (C=O) groups excluding carboxylic acids is 1. The van der Waals surface area contributed by atoms with Gasteiger partial charge in [0, 0.05) is 38.9 Å². The fourth-order valence-corrected chi connectivity index (χ4v) is 2.99. The monoisotopic (exact) mass is 363 g/mol. The number of aryl methyl sites for hydroxylation is 1. The number of hydrogen-bond donors (Lipinski definition) is 1. The van der Waals surface area contributed by atoms with Crippen molar-refractivity contribution in [2.45, 2.75) is 26.4 Å². The first kappa shape index (κ1) is 17.5. The van der Waals surface area contributed by atoms with E-state index in [-0.39, 0.29) is 12.1 Å². The number of hydrogen-bond acceptors (Lipinski definition) is 5. The van der Waals surface area contributed by atoms with E-state index in [4.69, 9.17) is 11.6 Å². The number of pyridine rings is 1. The van der Waals surface area contributed by atoms with Crippen LogP contribution in [0.2, 0.25) is 5.02 Å². The summed E-state index contributed by atoms with van der Waals surface area (Å²) in [5, 5.41) is 11.6. The summed E-state index contributed by atoms with van der Waals surface area (Å²) in [7, 11) is 0. The summed E-state index contributed by atoms with van der Waals surface area (Å²) in [6, 6.07) is 3.46. The van der Waals surface area contributed by atoms with Crippen LogP contribution in [0.5, 0.6) is 0 Å². The van der Waals surface area contributed by atoms with E-state index in [0.29, 0.717) is 18.1 Å². The molecule has 8 nitrogen and oxygen atoms in total. The molecule has 2 aromatic rings. The highest BCUT2D eigenvalue weighted by atomic mass is 35.5. The molecule has 1 saturated heterocycles. The van der Waals surface area contributed by atoms with Crippen LogP contribution in [0.1, 0.15) is 25.7 Å². The smallest absolute Gasteiger partial charge is 0.318 e. The molecule has 0 bridgehead atoms. The minimum atomic E-state index is -0.189. The van der Waals surface area contributed by atoms with E-state index in [1.165, 1.54) is 0 Å². The number of anilines is 1. The van der Waals surface area contributed by atoms with Crippen molar-refractivity contribution in [3.8, 4) is 0 Å². The Bertz CT molecular complexity index is 710. The maximum absolute atomic E-state index is 12.5. The van der Waals surface area contributed by atoms with Crippen molar-refractivity contribution in [3.63, 3.8) is 0 Å². The normalized spacial score (nSPS) is 16.0. The minimum absolute atomic E-state index is 0.0816. The van der Waals surface area contributed by atoms with Gasteiger partial charge in [-0.25, -0.2) is 9.78 Å². The molecular formula is C16H22ClN7O. The van der Waals surface area contributed by atoms with Crippen LogP contribution in [0.3, 0.4) is 0 Å². The zero-order chi connectivity index (χ0) is 17.8. The van der Waals surface area contributed by atoms with Crippen LogP contribution in [-0.4, -0.2) is 56.9 Å². The van der Waals surface area contributed by atoms with E-state index >= 15 is 0 Å². The molecule has 134 valence electrons. The van der Waals surface area contributed by atoms with E-state index in [1.807, 2.05) is 35.4 Å². The van der Waals surface area contributed by atoms with Crippen molar-refractivity contribution in [2.24, 2.45) is 0 Å². The Hall–Kier alpha value is -2.35. The van der Waals surface area contributed by atoms with E-state index in [2.05, 4.69) is 25.4 Å². The Morgan fingerprint density at radius 3 is 2.72 bits per heavy atom. The summed E-state index contributed by atoms with van der Waals surface area (Å²) in [6.45, 7) is 7.47. The van der Waals surface area contributed by atoms with E-state index < -0.39 is 0 Å². The molecule has 0 spiro atoms. The van der Waals surface area contributed by atoms with Gasteiger partial charge in [0.05, 0.1) is 11.1 Å². The SMILES string of the molecule is CCn1cnnc1[C@H](C)NC(=O)N1CCN(c2ccc(Cl)cn2)CC1. The van der Waals surface area contributed by atoms with Gasteiger partial charge in [0.15, 0.2) is 5.82 Å². The number of aromatic nitrogens is 4. The van der Waals surface area contributed by atoms with Crippen molar-refractivity contribution in [1.29, 1.82) is 0 Å². The number of carbonyl (C=O) groups is 1. The maximum atomic E-state index is 12.5. The molecule has 0 radical (unpaired) electrons. The van der Waals surface area contributed by atoms with Gasteiger partial charge in [-0.15, -0.1) is 10.2 Å². The summed E-state index contributed by atoms with van der Waals surface area (Å²) >= 11 is 5.87. The molecule has 2 amide bonds. The minimum Gasteiger partial charge on any atom is -0.353 e. The lowest BCUT2D eigenvalue weighted by molar-refractivity contribution is 0.190. The average Bonchev–Trinajstić information content (AvgIpc) is 3.11. The molecule has 0 aromatic carbocycles. The first-order valence-corrected chi connectivity index (χ1v) is 8.76. The average molecular weight is 364 g/mol. The summed E-state index contributed by atoms with van der Waals surface area (Å²) in [6.07, 6.45) is 3.32. The number of nitrogens with one attached hydrogen (secondary N) is 1. The lowest BCUT2D eigenvalue weighted by Crippen LogP contribution is -2.52. The summed E-state index contributed by atoms with van der Waals surface area (Å²) in [5.74, 6) is 1.65. The van der Waals surface area contributed by atoms with Crippen LogP contribution < -0.4 is 10.2 Å². The van der Waals surface area contributed by atoms with Gasteiger partial charge >= 0.3 is 6.03 Å². The number of nitrogens with zero attached hydrogens (tertiary/aromatic N) is 6. The fraction of sp³-hybridized carbons (Fsp3) is 0.500. The molecule has 0 aliphatic carbocycles. The second-order valence-electron chi connectivity index (χ2n) is 5.96. The highest BCUT2D eigenvalue weighted by Crippen LogP contribution is 2.16. The van der Waals surface area contributed by atoms with Gasteiger partial charge in [-0.3, -0.25) is 0 Å². The van der Waals surface area contributed by atoms with Crippen LogP contribution in [0, 0.1) is 0 Å².